The van der Waals surface area contributed by atoms with Crippen molar-refractivity contribution in [1.29, 1.82) is 0 Å². The standard InChI is InChI=1S/C21H29N7O3/c1-14(29)26-21-25-11-9-18(28-21)15-6-5-7-16(12-15)27-19(30)8-3-2-4-10-24-20(31)17(23)13-22/h5-7,9,11-12,17H,2-4,8,10,13,22-23H2,1H3,(H,24,31)(H,27,30)(H,25,26,28,29)/t17-/m0/s1. The molecule has 1 aromatic heterocycles. The Morgan fingerprint density at radius 2 is 1.90 bits per heavy atom. The van der Waals surface area contributed by atoms with Crippen LogP contribution in [0.2, 0.25) is 0 Å². The highest BCUT2D eigenvalue weighted by Gasteiger charge is 2.10. The van der Waals surface area contributed by atoms with Crippen molar-refractivity contribution >= 4 is 29.4 Å². The lowest BCUT2D eigenvalue weighted by Gasteiger charge is -2.10. The monoisotopic (exact) mass is 427 g/mol. The third-order valence-electron chi connectivity index (χ3n) is 4.36. The minimum Gasteiger partial charge on any atom is -0.355 e. The molecule has 1 atom stereocenters. The van der Waals surface area contributed by atoms with E-state index < -0.39 is 6.04 Å². The lowest BCUT2D eigenvalue weighted by Crippen LogP contribution is -2.45. The minimum atomic E-state index is -0.680. The first kappa shape index (κ1) is 23.9. The Labute approximate surface area is 181 Å². The number of hydrogen-bond donors (Lipinski definition) is 5. The van der Waals surface area contributed by atoms with Crippen LogP contribution in [0.15, 0.2) is 36.5 Å². The van der Waals surface area contributed by atoms with Crippen LogP contribution in [0.5, 0.6) is 0 Å². The zero-order valence-electron chi connectivity index (χ0n) is 17.6. The molecule has 0 saturated carbocycles. The second kappa shape index (κ2) is 12.4. The van der Waals surface area contributed by atoms with Crippen molar-refractivity contribution in [3.8, 4) is 11.3 Å². The number of aromatic nitrogens is 2. The van der Waals surface area contributed by atoms with Crippen LogP contribution in [0, 0.1) is 0 Å². The third-order valence-corrected chi connectivity index (χ3v) is 4.36. The average Bonchev–Trinajstić information content (AvgIpc) is 2.75. The van der Waals surface area contributed by atoms with Gasteiger partial charge in [0.15, 0.2) is 0 Å². The predicted octanol–water partition coefficient (Wildman–Crippen LogP) is 1.00. The number of nitrogens with one attached hydrogen (secondary N) is 3. The maximum absolute atomic E-state index is 12.2. The third kappa shape index (κ3) is 8.49. The lowest BCUT2D eigenvalue weighted by atomic mass is 10.1. The van der Waals surface area contributed by atoms with E-state index >= 15 is 0 Å². The number of benzene rings is 1. The van der Waals surface area contributed by atoms with Crippen LogP contribution in [0.3, 0.4) is 0 Å². The number of carbonyl (C=O) groups excluding carboxylic acids is 3. The largest absolute Gasteiger partial charge is 0.355 e. The Bertz CT molecular complexity index is 904. The average molecular weight is 428 g/mol. The van der Waals surface area contributed by atoms with E-state index in [1.165, 1.54) is 6.92 Å². The number of amides is 3. The maximum Gasteiger partial charge on any atom is 0.238 e. The summed E-state index contributed by atoms with van der Waals surface area (Å²) in [6.45, 7) is 2.01. The fraction of sp³-hybridized carbons (Fsp3) is 0.381. The summed E-state index contributed by atoms with van der Waals surface area (Å²) in [5.41, 5.74) is 12.9. The number of carbonyl (C=O) groups is 3. The van der Waals surface area contributed by atoms with E-state index in [9.17, 15) is 14.4 Å². The van der Waals surface area contributed by atoms with Gasteiger partial charge in [0.05, 0.1) is 11.7 Å². The van der Waals surface area contributed by atoms with Gasteiger partial charge >= 0.3 is 0 Å². The smallest absolute Gasteiger partial charge is 0.238 e. The van der Waals surface area contributed by atoms with Crippen LogP contribution in [-0.2, 0) is 14.4 Å². The van der Waals surface area contributed by atoms with Gasteiger partial charge in [-0.1, -0.05) is 18.6 Å². The predicted molar refractivity (Wildman–Crippen MR) is 119 cm³/mol. The van der Waals surface area contributed by atoms with Crippen LogP contribution in [0.1, 0.15) is 32.6 Å². The fourth-order valence-corrected chi connectivity index (χ4v) is 2.75. The number of nitrogens with two attached hydrogens (primary N) is 2. The first-order valence-corrected chi connectivity index (χ1v) is 10.1. The highest BCUT2D eigenvalue weighted by Crippen LogP contribution is 2.21. The zero-order chi connectivity index (χ0) is 22.6. The van der Waals surface area contributed by atoms with E-state index in [1.54, 1.807) is 18.3 Å². The van der Waals surface area contributed by atoms with Gasteiger partial charge in [-0.05, 0) is 31.0 Å². The van der Waals surface area contributed by atoms with Crippen LogP contribution in [0.25, 0.3) is 11.3 Å². The maximum atomic E-state index is 12.2. The summed E-state index contributed by atoms with van der Waals surface area (Å²) in [4.78, 5) is 43.2. The van der Waals surface area contributed by atoms with Gasteiger partial charge in [0.1, 0.15) is 0 Å². The number of hydrogen-bond acceptors (Lipinski definition) is 7. The molecule has 10 heteroatoms. The van der Waals surface area contributed by atoms with Crippen molar-refractivity contribution in [2.45, 2.75) is 38.6 Å². The molecule has 0 unspecified atom stereocenters. The molecule has 0 aliphatic rings. The molecule has 1 heterocycles. The second-order valence-electron chi connectivity index (χ2n) is 7.02. The topological polar surface area (TPSA) is 165 Å². The zero-order valence-corrected chi connectivity index (χ0v) is 17.6. The van der Waals surface area contributed by atoms with Crippen molar-refractivity contribution in [2.24, 2.45) is 11.5 Å². The summed E-state index contributed by atoms with van der Waals surface area (Å²) < 4.78 is 0. The van der Waals surface area contributed by atoms with Gasteiger partial charge < -0.3 is 22.1 Å². The van der Waals surface area contributed by atoms with Gasteiger partial charge in [-0.3, -0.25) is 19.7 Å². The highest BCUT2D eigenvalue weighted by atomic mass is 16.2. The molecule has 0 saturated heterocycles. The normalized spacial score (nSPS) is 11.5. The number of nitrogens with zero attached hydrogens (tertiary/aromatic N) is 2. The van der Waals surface area contributed by atoms with Gasteiger partial charge in [0.2, 0.25) is 23.7 Å². The second-order valence-corrected chi connectivity index (χ2v) is 7.02. The summed E-state index contributed by atoms with van der Waals surface area (Å²) in [5, 5.41) is 8.15. The molecule has 0 spiro atoms. The Morgan fingerprint density at radius 3 is 2.65 bits per heavy atom. The molecule has 31 heavy (non-hydrogen) atoms. The van der Waals surface area contributed by atoms with E-state index in [-0.39, 0.29) is 30.2 Å². The first-order chi connectivity index (χ1) is 14.9. The molecule has 1 aromatic carbocycles. The van der Waals surface area contributed by atoms with Crippen LogP contribution >= 0.6 is 0 Å². The highest BCUT2D eigenvalue weighted by molar-refractivity contribution is 5.91. The number of rotatable bonds is 11. The van der Waals surface area contributed by atoms with Crippen molar-refractivity contribution in [2.75, 3.05) is 23.7 Å². The van der Waals surface area contributed by atoms with Gasteiger partial charge in [0.25, 0.3) is 0 Å². The molecule has 0 aliphatic heterocycles. The number of unbranched alkanes of at least 4 members (excludes halogenated alkanes) is 2. The summed E-state index contributed by atoms with van der Waals surface area (Å²) in [7, 11) is 0. The van der Waals surface area contributed by atoms with Crippen molar-refractivity contribution in [3.63, 3.8) is 0 Å². The molecule has 2 rings (SSSR count). The molecule has 10 nitrogen and oxygen atoms in total. The first-order valence-electron chi connectivity index (χ1n) is 10.1. The van der Waals surface area contributed by atoms with E-state index in [0.29, 0.717) is 30.8 Å². The van der Waals surface area contributed by atoms with Gasteiger partial charge in [-0.15, -0.1) is 0 Å². The van der Waals surface area contributed by atoms with Gasteiger partial charge in [-0.2, -0.15) is 0 Å². The summed E-state index contributed by atoms with van der Waals surface area (Å²) in [6, 6.07) is 8.34. The van der Waals surface area contributed by atoms with Crippen LogP contribution < -0.4 is 27.4 Å². The van der Waals surface area contributed by atoms with E-state index in [1.807, 2.05) is 18.2 Å². The molecule has 0 aliphatic carbocycles. The minimum absolute atomic E-state index is 0.0898. The Morgan fingerprint density at radius 1 is 1.10 bits per heavy atom. The molecule has 7 N–H and O–H groups in total. The van der Waals surface area contributed by atoms with E-state index in [4.69, 9.17) is 11.5 Å². The quantitative estimate of drug-likeness (QED) is 0.334. The molecular weight excluding hydrogens is 398 g/mol. The summed E-state index contributed by atoms with van der Waals surface area (Å²) >= 11 is 0. The molecule has 0 bridgehead atoms. The van der Waals surface area contributed by atoms with Crippen molar-refractivity contribution < 1.29 is 14.4 Å². The Kier molecular flexibility index (Phi) is 9.53. The molecule has 3 amide bonds. The van der Waals surface area contributed by atoms with Crippen LogP contribution in [0.4, 0.5) is 11.6 Å². The molecule has 0 radical (unpaired) electrons. The molecule has 0 fully saturated rings. The molecule has 166 valence electrons. The summed E-state index contributed by atoms with van der Waals surface area (Å²) in [6.07, 6.45) is 4.20. The van der Waals surface area contributed by atoms with E-state index in [2.05, 4.69) is 25.9 Å². The SMILES string of the molecule is CC(=O)Nc1nccc(-c2cccc(NC(=O)CCCCCNC(=O)[C@@H](N)CN)c2)n1. The van der Waals surface area contributed by atoms with Crippen molar-refractivity contribution in [3.05, 3.63) is 36.5 Å². The van der Waals surface area contributed by atoms with Crippen LogP contribution in [-0.4, -0.2) is 46.8 Å². The van der Waals surface area contributed by atoms with Gasteiger partial charge in [0, 0.05) is 43.9 Å². The van der Waals surface area contributed by atoms with Crippen molar-refractivity contribution in [1.82, 2.24) is 15.3 Å². The Balaban J connectivity index is 1.79. The van der Waals surface area contributed by atoms with E-state index in [0.717, 1.165) is 18.4 Å². The fourth-order valence-electron chi connectivity index (χ4n) is 2.75. The molecular formula is C21H29N7O3. The Hall–Kier alpha value is -3.37. The summed E-state index contributed by atoms with van der Waals surface area (Å²) in [5.74, 6) is -0.374. The van der Waals surface area contributed by atoms with Gasteiger partial charge in [-0.25, -0.2) is 9.97 Å². The lowest BCUT2D eigenvalue weighted by molar-refractivity contribution is -0.122. The molecule has 2 aromatic rings. The number of anilines is 2.